The highest BCUT2D eigenvalue weighted by molar-refractivity contribution is 6.15. The number of hydrogen-bond acceptors (Lipinski definition) is 6. The van der Waals surface area contributed by atoms with Crippen molar-refractivity contribution in [2.24, 2.45) is 7.05 Å². The molecule has 2 saturated carbocycles. The van der Waals surface area contributed by atoms with Gasteiger partial charge in [0.1, 0.15) is 11.4 Å². The number of H-pyrrole nitrogens is 1. The zero-order chi connectivity index (χ0) is 30.1. The fraction of sp³-hybridized carbons (Fsp3) is 0.424. The number of hydrogen-bond donors (Lipinski definition) is 2. The number of aromatic nitrogens is 4. The first-order valence-electron chi connectivity index (χ1n) is 15.1. The molecular weight excluding hydrogens is 544 g/mol. The molecule has 0 unspecified atom stereocenters. The molecule has 3 aliphatic rings. The summed E-state index contributed by atoms with van der Waals surface area (Å²) in [6, 6.07) is 11.9. The molecule has 1 aliphatic heterocycles. The van der Waals surface area contributed by atoms with Crippen molar-refractivity contribution >= 4 is 34.3 Å². The molecule has 222 valence electrons. The van der Waals surface area contributed by atoms with Crippen molar-refractivity contribution in [3.63, 3.8) is 0 Å². The van der Waals surface area contributed by atoms with Gasteiger partial charge < -0.3 is 10.1 Å². The standard InChI is InChI=1S/C33H36N6O4/c1-32(2,3)43-31(42)34-18-25-23-16-20(12-13-22(23)28(40)37-36-25)24-17-35-38(4)29(24)39-26-9-7-8-21(19-10-11-19)27(26)33(30(39)41)14-5-6-15-33/h7-9,12-13,16-17,19H,5-6,10-11,14-15,18H2,1-4H3,(H,34,42)(H,37,40). The molecule has 3 heterocycles. The van der Waals surface area contributed by atoms with E-state index in [1.807, 2.05) is 24.1 Å². The lowest BCUT2D eigenvalue weighted by atomic mass is 9.77. The van der Waals surface area contributed by atoms with Gasteiger partial charge in [-0.15, -0.1) is 0 Å². The van der Waals surface area contributed by atoms with Crippen molar-refractivity contribution in [1.29, 1.82) is 0 Å². The topological polar surface area (TPSA) is 122 Å². The molecular formula is C33H36N6O4. The maximum atomic E-state index is 14.6. The van der Waals surface area contributed by atoms with Crippen LogP contribution in [0.2, 0.25) is 0 Å². The summed E-state index contributed by atoms with van der Waals surface area (Å²) in [5, 5.41) is 15.2. The van der Waals surface area contributed by atoms with Gasteiger partial charge in [0.25, 0.3) is 5.56 Å². The van der Waals surface area contributed by atoms with E-state index < -0.39 is 17.1 Å². The van der Waals surface area contributed by atoms with Crippen LogP contribution in [0.4, 0.5) is 16.3 Å². The van der Waals surface area contributed by atoms with E-state index in [1.54, 1.807) is 37.7 Å². The van der Waals surface area contributed by atoms with E-state index >= 15 is 0 Å². The summed E-state index contributed by atoms with van der Waals surface area (Å²) in [4.78, 5) is 41.5. The summed E-state index contributed by atoms with van der Waals surface area (Å²) >= 11 is 0. The number of anilines is 2. The van der Waals surface area contributed by atoms with Gasteiger partial charge in [0.15, 0.2) is 0 Å². The van der Waals surface area contributed by atoms with Crippen LogP contribution in [0.15, 0.2) is 47.4 Å². The Morgan fingerprint density at radius 3 is 2.60 bits per heavy atom. The molecule has 0 atom stereocenters. The van der Waals surface area contributed by atoms with Gasteiger partial charge in [-0.25, -0.2) is 9.89 Å². The molecule has 7 rings (SSSR count). The first-order valence-corrected chi connectivity index (χ1v) is 15.1. The normalized spacial score (nSPS) is 17.6. The Labute approximate surface area is 249 Å². The van der Waals surface area contributed by atoms with Crippen LogP contribution < -0.4 is 15.8 Å². The summed E-state index contributed by atoms with van der Waals surface area (Å²) in [6.45, 7) is 5.45. The molecule has 43 heavy (non-hydrogen) atoms. The van der Waals surface area contributed by atoms with Crippen molar-refractivity contribution in [3.05, 3.63) is 69.8 Å². The van der Waals surface area contributed by atoms with Crippen molar-refractivity contribution < 1.29 is 14.3 Å². The molecule has 2 fully saturated rings. The van der Waals surface area contributed by atoms with Gasteiger partial charge in [0.2, 0.25) is 5.91 Å². The Morgan fingerprint density at radius 2 is 1.88 bits per heavy atom. The number of nitrogens with one attached hydrogen (secondary N) is 2. The minimum Gasteiger partial charge on any atom is -0.444 e. The highest BCUT2D eigenvalue weighted by Crippen LogP contribution is 2.58. The van der Waals surface area contributed by atoms with Crippen LogP contribution in [-0.4, -0.2) is 37.6 Å². The second-order valence-electron chi connectivity index (χ2n) is 13.1. The number of carbonyl (C=O) groups excluding carboxylic acids is 2. The van der Waals surface area contributed by atoms with E-state index in [0.717, 1.165) is 42.5 Å². The lowest BCUT2D eigenvalue weighted by molar-refractivity contribution is -0.122. The van der Waals surface area contributed by atoms with Gasteiger partial charge in [0.05, 0.1) is 34.9 Å². The average Bonchev–Trinajstić information content (AvgIpc) is 3.50. The van der Waals surface area contributed by atoms with E-state index in [9.17, 15) is 14.4 Å². The molecule has 4 aromatic rings. The second-order valence-corrected chi connectivity index (χ2v) is 13.1. The molecule has 10 nitrogen and oxygen atoms in total. The first-order chi connectivity index (χ1) is 20.6. The Bertz CT molecular complexity index is 1840. The lowest BCUT2D eigenvalue weighted by Crippen LogP contribution is -2.37. The largest absolute Gasteiger partial charge is 0.444 e. The van der Waals surface area contributed by atoms with Gasteiger partial charge in [-0.2, -0.15) is 10.2 Å². The predicted molar refractivity (Wildman–Crippen MR) is 163 cm³/mol. The van der Waals surface area contributed by atoms with Crippen LogP contribution in [-0.2, 0) is 28.5 Å². The van der Waals surface area contributed by atoms with Crippen LogP contribution >= 0.6 is 0 Å². The minimum atomic E-state index is -0.642. The van der Waals surface area contributed by atoms with Crippen molar-refractivity contribution in [2.45, 2.75) is 82.8 Å². The molecule has 1 spiro atoms. The molecule has 2 amide bonds. The summed E-state index contributed by atoms with van der Waals surface area (Å²) in [6.07, 6.45) is 7.37. The van der Waals surface area contributed by atoms with E-state index in [-0.39, 0.29) is 18.0 Å². The summed E-state index contributed by atoms with van der Waals surface area (Å²) in [5.41, 5.74) is 4.12. The number of rotatable bonds is 5. The van der Waals surface area contributed by atoms with Gasteiger partial charge in [0, 0.05) is 18.0 Å². The molecule has 2 aromatic carbocycles. The Kier molecular flexibility index (Phi) is 6.23. The lowest BCUT2D eigenvalue weighted by Gasteiger charge is -2.25. The zero-order valence-electron chi connectivity index (χ0n) is 25.0. The fourth-order valence-electron chi connectivity index (χ4n) is 6.97. The number of aromatic amines is 1. The second kappa shape index (κ2) is 9.79. The number of nitrogens with zero attached hydrogens (tertiary/aromatic N) is 4. The quantitative estimate of drug-likeness (QED) is 0.312. The maximum Gasteiger partial charge on any atom is 0.407 e. The third-order valence-electron chi connectivity index (χ3n) is 8.98. The number of carbonyl (C=O) groups is 2. The SMILES string of the molecule is Cn1ncc(-c2ccc3c(=O)[nH]nc(CNC(=O)OC(C)(C)C)c3c2)c1N1C(=O)C2(CCCC2)c2c(C3CC3)cccc21. The van der Waals surface area contributed by atoms with Crippen LogP contribution in [0.25, 0.3) is 21.9 Å². The monoisotopic (exact) mass is 580 g/mol. The van der Waals surface area contributed by atoms with Crippen molar-refractivity contribution in [2.75, 3.05) is 4.90 Å². The number of benzene rings is 2. The third kappa shape index (κ3) is 4.51. The zero-order valence-corrected chi connectivity index (χ0v) is 25.0. The van der Waals surface area contributed by atoms with E-state index in [1.165, 1.54) is 24.0 Å². The molecule has 2 aliphatic carbocycles. The third-order valence-corrected chi connectivity index (χ3v) is 8.98. The predicted octanol–water partition coefficient (Wildman–Crippen LogP) is 5.72. The Balaban J connectivity index is 1.32. The smallest absolute Gasteiger partial charge is 0.407 e. The highest BCUT2D eigenvalue weighted by Gasteiger charge is 2.55. The van der Waals surface area contributed by atoms with E-state index in [4.69, 9.17) is 4.74 Å². The molecule has 2 N–H and O–H groups in total. The summed E-state index contributed by atoms with van der Waals surface area (Å²) in [7, 11) is 1.86. The van der Waals surface area contributed by atoms with Gasteiger partial charge in [-0.05, 0) is 87.3 Å². The molecule has 10 heteroatoms. The summed E-state index contributed by atoms with van der Waals surface area (Å²) < 4.78 is 7.13. The maximum absolute atomic E-state index is 14.6. The first kappa shape index (κ1) is 27.4. The van der Waals surface area contributed by atoms with Gasteiger partial charge in [-0.1, -0.05) is 31.0 Å². The van der Waals surface area contributed by atoms with Crippen LogP contribution in [0.5, 0.6) is 0 Å². The van der Waals surface area contributed by atoms with Crippen LogP contribution in [0, 0.1) is 0 Å². The molecule has 0 saturated heterocycles. The Morgan fingerprint density at radius 1 is 1.12 bits per heavy atom. The highest BCUT2D eigenvalue weighted by atomic mass is 16.6. The Hall–Kier alpha value is -4.47. The number of ether oxygens (including phenoxy) is 1. The van der Waals surface area contributed by atoms with Gasteiger partial charge >= 0.3 is 6.09 Å². The fourth-order valence-corrected chi connectivity index (χ4v) is 6.97. The summed E-state index contributed by atoms with van der Waals surface area (Å²) in [5.74, 6) is 1.36. The van der Waals surface area contributed by atoms with Gasteiger partial charge in [-0.3, -0.25) is 19.2 Å². The molecule has 2 aromatic heterocycles. The number of aryl methyl sites for hydroxylation is 1. The van der Waals surface area contributed by atoms with Crippen molar-refractivity contribution in [1.82, 2.24) is 25.3 Å². The van der Waals surface area contributed by atoms with E-state index in [2.05, 4.69) is 38.8 Å². The van der Waals surface area contributed by atoms with Crippen LogP contribution in [0.1, 0.15) is 82.0 Å². The molecule has 0 radical (unpaired) electrons. The average molecular weight is 581 g/mol. The van der Waals surface area contributed by atoms with Crippen molar-refractivity contribution in [3.8, 4) is 11.1 Å². The number of fused-ring (bicyclic) bond motifs is 3. The minimum absolute atomic E-state index is 0.0655. The van der Waals surface area contributed by atoms with Crippen LogP contribution in [0.3, 0.4) is 0 Å². The number of amides is 2. The van der Waals surface area contributed by atoms with E-state index in [0.29, 0.717) is 28.2 Å². The molecule has 0 bridgehead atoms. The number of alkyl carbamates (subject to hydrolysis) is 1.